The average Bonchev–Trinajstić information content (AvgIpc) is 2.98. The summed E-state index contributed by atoms with van der Waals surface area (Å²) in [4.78, 5) is 39.6. The first-order valence-electron chi connectivity index (χ1n) is 13.5. The molecular formula is C34H32ClN3O3S. The monoisotopic (exact) mass is 597 g/mol. The number of aryl methyl sites for hydroxylation is 1. The summed E-state index contributed by atoms with van der Waals surface area (Å²) >= 11 is 7.49. The fourth-order valence-corrected chi connectivity index (χ4v) is 4.90. The first-order valence-corrected chi connectivity index (χ1v) is 14.8. The topological polar surface area (TPSA) is 87.3 Å². The second-order valence-corrected chi connectivity index (χ2v) is 11.4. The van der Waals surface area contributed by atoms with Gasteiger partial charge < -0.3 is 16.0 Å². The Morgan fingerprint density at radius 3 is 2.24 bits per heavy atom. The molecule has 4 rings (SSSR count). The van der Waals surface area contributed by atoms with Crippen molar-refractivity contribution in [2.45, 2.75) is 31.6 Å². The van der Waals surface area contributed by atoms with E-state index < -0.39 is 5.91 Å². The van der Waals surface area contributed by atoms with Gasteiger partial charge in [0.2, 0.25) is 5.91 Å². The molecule has 0 aliphatic carbocycles. The molecule has 3 amide bonds. The SMILES string of the molecule is Cc1ccc(NC(=O)CSc2cccc(NC(=O)/C(=C\c3ccc(C(C)C)cc3)NC(=O)c3ccccc3)c2)cc1Cl. The molecule has 0 radical (unpaired) electrons. The summed E-state index contributed by atoms with van der Waals surface area (Å²) in [5.41, 5.74) is 4.61. The van der Waals surface area contributed by atoms with Gasteiger partial charge in [0, 0.05) is 26.9 Å². The zero-order chi connectivity index (χ0) is 30.1. The van der Waals surface area contributed by atoms with E-state index in [0.29, 0.717) is 27.9 Å². The number of halogens is 1. The van der Waals surface area contributed by atoms with E-state index in [2.05, 4.69) is 29.8 Å². The maximum atomic E-state index is 13.4. The second kappa shape index (κ2) is 14.5. The quantitative estimate of drug-likeness (QED) is 0.128. The van der Waals surface area contributed by atoms with Gasteiger partial charge in [-0.05, 0) is 78.1 Å². The Morgan fingerprint density at radius 1 is 0.833 bits per heavy atom. The van der Waals surface area contributed by atoms with E-state index in [1.807, 2.05) is 49.4 Å². The largest absolute Gasteiger partial charge is 0.325 e. The molecule has 0 saturated carbocycles. The maximum Gasteiger partial charge on any atom is 0.272 e. The van der Waals surface area contributed by atoms with Gasteiger partial charge in [0.05, 0.1) is 5.75 Å². The van der Waals surface area contributed by atoms with Crippen LogP contribution in [-0.4, -0.2) is 23.5 Å². The van der Waals surface area contributed by atoms with E-state index in [9.17, 15) is 14.4 Å². The number of anilines is 2. The van der Waals surface area contributed by atoms with Crippen molar-refractivity contribution in [3.63, 3.8) is 0 Å². The summed E-state index contributed by atoms with van der Waals surface area (Å²) in [7, 11) is 0. The molecule has 0 fully saturated rings. The van der Waals surface area contributed by atoms with Gasteiger partial charge in [-0.1, -0.05) is 80.0 Å². The number of nitrogens with one attached hydrogen (secondary N) is 3. The van der Waals surface area contributed by atoms with Crippen LogP contribution in [0.5, 0.6) is 0 Å². The maximum absolute atomic E-state index is 13.4. The predicted octanol–water partition coefficient (Wildman–Crippen LogP) is 7.91. The number of carbonyl (C=O) groups is 3. The van der Waals surface area contributed by atoms with Crippen molar-refractivity contribution >= 4 is 58.5 Å². The summed E-state index contributed by atoms with van der Waals surface area (Å²) in [5, 5.41) is 9.08. The summed E-state index contributed by atoms with van der Waals surface area (Å²) in [6.45, 7) is 6.13. The highest BCUT2D eigenvalue weighted by Gasteiger charge is 2.16. The second-order valence-electron chi connectivity index (χ2n) is 9.98. The fraction of sp³-hybridized carbons (Fsp3) is 0.147. The third-order valence-electron chi connectivity index (χ3n) is 6.36. The molecule has 0 aliphatic rings. The highest BCUT2D eigenvalue weighted by molar-refractivity contribution is 8.00. The van der Waals surface area contributed by atoms with E-state index >= 15 is 0 Å². The number of benzene rings is 4. The highest BCUT2D eigenvalue weighted by atomic mass is 35.5. The Kier molecular flexibility index (Phi) is 10.6. The zero-order valence-corrected chi connectivity index (χ0v) is 25.2. The summed E-state index contributed by atoms with van der Waals surface area (Å²) in [5.74, 6) is -0.481. The van der Waals surface area contributed by atoms with Gasteiger partial charge in [0.15, 0.2) is 0 Å². The number of hydrogen-bond donors (Lipinski definition) is 3. The van der Waals surface area contributed by atoms with Crippen LogP contribution in [0.1, 0.15) is 46.8 Å². The Labute approximate surface area is 255 Å². The fourth-order valence-electron chi connectivity index (χ4n) is 3.96. The molecule has 8 heteroatoms. The molecule has 42 heavy (non-hydrogen) atoms. The number of thioether (sulfide) groups is 1. The van der Waals surface area contributed by atoms with Gasteiger partial charge in [-0.2, -0.15) is 0 Å². The molecule has 6 nitrogen and oxygen atoms in total. The molecule has 0 heterocycles. The molecule has 0 aliphatic heterocycles. The Morgan fingerprint density at radius 2 is 1.55 bits per heavy atom. The van der Waals surface area contributed by atoms with E-state index in [-0.39, 0.29) is 23.3 Å². The lowest BCUT2D eigenvalue weighted by molar-refractivity contribution is -0.114. The van der Waals surface area contributed by atoms with Crippen LogP contribution in [0.4, 0.5) is 11.4 Å². The molecule has 214 valence electrons. The average molecular weight is 598 g/mol. The van der Waals surface area contributed by atoms with Crippen LogP contribution < -0.4 is 16.0 Å². The van der Waals surface area contributed by atoms with Gasteiger partial charge in [0.1, 0.15) is 5.70 Å². The molecule has 4 aromatic rings. The van der Waals surface area contributed by atoms with Crippen LogP contribution in [0.3, 0.4) is 0 Å². The van der Waals surface area contributed by atoms with Crippen LogP contribution in [0.15, 0.2) is 108 Å². The van der Waals surface area contributed by atoms with Crippen molar-refractivity contribution in [2.24, 2.45) is 0 Å². The predicted molar refractivity (Wildman–Crippen MR) is 173 cm³/mol. The normalized spacial score (nSPS) is 11.2. The van der Waals surface area contributed by atoms with Crippen LogP contribution in [0, 0.1) is 6.92 Å². The molecular weight excluding hydrogens is 566 g/mol. The van der Waals surface area contributed by atoms with Crippen LogP contribution in [0.2, 0.25) is 5.02 Å². The van der Waals surface area contributed by atoms with Crippen LogP contribution in [-0.2, 0) is 9.59 Å². The summed E-state index contributed by atoms with van der Waals surface area (Å²) < 4.78 is 0. The molecule has 0 aromatic heterocycles. The van der Waals surface area contributed by atoms with E-state index in [0.717, 1.165) is 16.0 Å². The molecule has 0 unspecified atom stereocenters. The lowest BCUT2D eigenvalue weighted by Gasteiger charge is -2.13. The summed E-state index contributed by atoms with van der Waals surface area (Å²) in [6.07, 6.45) is 1.65. The van der Waals surface area contributed by atoms with Crippen molar-refractivity contribution in [1.29, 1.82) is 0 Å². The Bertz CT molecular complexity index is 1600. The van der Waals surface area contributed by atoms with E-state index in [1.165, 1.54) is 17.3 Å². The third kappa shape index (κ3) is 8.83. The van der Waals surface area contributed by atoms with Gasteiger partial charge in [-0.3, -0.25) is 14.4 Å². The lowest BCUT2D eigenvalue weighted by atomic mass is 10.0. The van der Waals surface area contributed by atoms with Gasteiger partial charge in [-0.15, -0.1) is 11.8 Å². The van der Waals surface area contributed by atoms with E-state index in [1.54, 1.807) is 60.7 Å². The van der Waals surface area contributed by atoms with Crippen molar-refractivity contribution in [3.05, 3.63) is 130 Å². The molecule has 0 spiro atoms. The van der Waals surface area contributed by atoms with Crippen molar-refractivity contribution < 1.29 is 14.4 Å². The van der Waals surface area contributed by atoms with E-state index in [4.69, 9.17) is 11.6 Å². The van der Waals surface area contributed by atoms with Crippen LogP contribution >= 0.6 is 23.4 Å². The standard InChI is InChI=1S/C34H32ClN3O3S/c1-22(2)25-15-13-24(14-16-25)18-31(38-33(40)26-8-5-4-6-9-26)34(41)37-27-10-7-11-29(19-27)42-21-32(39)36-28-17-12-23(3)30(35)20-28/h4-20,22H,21H2,1-3H3,(H,36,39)(H,37,41)(H,38,40)/b31-18+. The minimum absolute atomic E-state index is 0.107. The molecule has 0 bridgehead atoms. The minimum Gasteiger partial charge on any atom is -0.325 e. The van der Waals surface area contributed by atoms with Crippen molar-refractivity contribution in [2.75, 3.05) is 16.4 Å². The third-order valence-corrected chi connectivity index (χ3v) is 7.76. The van der Waals surface area contributed by atoms with Crippen molar-refractivity contribution in [3.8, 4) is 0 Å². The van der Waals surface area contributed by atoms with Gasteiger partial charge in [-0.25, -0.2) is 0 Å². The minimum atomic E-state index is -0.469. The molecule has 3 N–H and O–H groups in total. The number of carbonyl (C=O) groups excluding carboxylic acids is 3. The first kappa shape index (κ1) is 30.6. The lowest BCUT2D eigenvalue weighted by Crippen LogP contribution is -2.30. The van der Waals surface area contributed by atoms with Gasteiger partial charge in [0.25, 0.3) is 11.8 Å². The zero-order valence-electron chi connectivity index (χ0n) is 23.6. The highest BCUT2D eigenvalue weighted by Crippen LogP contribution is 2.24. The molecule has 0 atom stereocenters. The number of amides is 3. The Balaban J connectivity index is 1.46. The van der Waals surface area contributed by atoms with Gasteiger partial charge >= 0.3 is 0 Å². The molecule has 4 aromatic carbocycles. The number of hydrogen-bond acceptors (Lipinski definition) is 4. The van der Waals surface area contributed by atoms with Crippen molar-refractivity contribution in [1.82, 2.24) is 5.32 Å². The Hall–Kier alpha value is -4.33. The first-order chi connectivity index (χ1) is 20.2. The smallest absolute Gasteiger partial charge is 0.272 e. The molecule has 0 saturated heterocycles. The summed E-state index contributed by atoms with van der Waals surface area (Å²) in [6, 6.07) is 29.2. The number of rotatable bonds is 10. The van der Waals surface area contributed by atoms with Crippen LogP contribution in [0.25, 0.3) is 6.08 Å².